The van der Waals surface area contributed by atoms with E-state index in [1.807, 2.05) is 0 Å². The first kappa shape index (κ1) is 14.3. The highest BCUT2D eigenvalue weighted by Crippen LogP contribution is 2.34. The molecule has 0 bridgehead atoms. The molecule has 1 heterocycles. The third-order valence-corrected chi connectivity index (χ3v) is 4.23. The van der Waals surface area contributed by atoms with Crippen molar-refractivity contribution in [1.29, 1.82) is 0 Å². The second kappa shape index (κ2) is 6.85. The molecule has 1 aromatic rings. The van der Waals surface area contributed by atoms with Crippen LogP contribution in [0, 0.1) is 5.92 Å². The van der Waals surface area contributed by atoms with E-state index in [0.29, 0.717) is 27.4 Å². The number of halogens is 3. The van der Waals surface area contributed by atoms with E-state index in [9.17, 15) is 0 Å². The molecule has 2 rings (SSSR count). The molecule has 5 heteroatoms. The first-order valence-corrected chi connectivity index (χ1v) is 7.28. The number of piperidine rings is 1. The average Bonchev–Trinajstić information content (AvgIpc) is 2.37. The third kappa shape index (κ3) is 3.92. The molecular formula is C13H16Cl3NO. The highest BCUT2D eigenvalue weighted by Gasteiger charge is 2.13. The predicted molar refractivity (Wildman–Crippen MR) is 77.2 cm³/mol. The molecule has 1 aromatic carbocycles. The Morgan fingerprint density at radius 3 is 2.44 bits per heavy atom. The molecule has 0 atom stereocenters. The summed E-state index contributed by atoms with van der Waals surface area (Å²) in [5.41, 5.74) is 0. The SMILES string of the molecule is Clc1cc(Cl)c(OCCC2CCNCC2)cc1Cl. The van der Waals surface area contributed by atoms with Gasteiger partial charge >= 0.3 is 0 Å². The van der Waals surface area contributed by atoms with Crippen LogP contribution >= 0.6 is 34.8 Å². The van der Waals surface area contributed by atoms with Gasteiger partial charge in [0.2, 0.25) is 0 Å². The van der Waals surface area contributed by atoms with E-state index < -0.39 is 0 Å². The lowest BCUT2D eigenvalue weighted by molar-refractivity contribution is 0.252. The van der Waals surface area contributed by atoms with Crippen LogP contribution in [-0.2, 0) is 0 Å². The van der Waals surface area contributed by atoms with Crippen LogP contribution in [0.2, 0.25) is 15.1 Å². The molecule has 0 radical (unpaired) electrons. The standard InChI is InChI=1S/C13H16Cl3NO/c14-10-7-12(16)13(8-11(10)15)18-6-3-9-1-4-17-5-2-9/h7-9,17H,1-6H2. The van der Waals surface area contributed by atoms with Crippen LogP contribution in [0.4, 0.5) is 0 Å². The van der Waals surface area contributed by atoms with Gasteiger partial charge in [-0.2, -0.15) is 0 Å². The zero-order valence-corrected chi connectivity index (χ0v) is 12.3. The van der Waals surface area contributed by atoms with Crippen molar-refractivity contribution < 1.29 is 4.74 Å². The predicted octanol–water partition coefficient (Wildman–Crippen LogP) is 4.42. The fraction of sp³-hybridized carbons (Fsp3) is 0.538. The lowest BCUT2D eigenvalue weighted by Gasteiger charge is -2.22. The Hall–Kier alpha value is -0.150. The van der Waals surface area contributed by atoms with E-state index in [-0.39, 0.29) is 0 Å². The van der Waals surface area contributed by atoms with Crippen LogP contribution in [0.1, 0.15) is 19.3 Å². The zero-order chi connectivity index (χ0) is 13.0. The van der Waals surface area contributed by atoms with Crippen LogP contribution in [0.25, 0.3) is 0 Å². The maximum atomic E-state index is 6.04. The molecule has 100 valence electrons. The van der Waals surface area contributed by atoms with E-state index >= 15 is 0 Å². The number of nitrogens with one attached hydrogen (secondary N) is 1. The van der Waals surface area contributed by atoms with Crippen LogP contribution in [-0.4, -0.2) is 19.7 Å². The van der Waals surface area contributed by atoms with Crippen molar-refractivity contribution in [2.45, 2.75) is 19.3 Å². The van der Waals surface area contributed by atoms with Gasteiger partial charge in [-0.3, -0.25) is 0 Å². The Morgan fingerprint density at radius 2 is 1.72 bits per heavy atom. The Kier molecular flexibility index (Phi) is 5.43. The highest BCUT2D eigenvalue weighted by atomic mass is 35.5. The average molecular weight is 309 g/mol. The molecule has 18 heavy (non-hydrogen) atoms. The molecule has 0 unspecified atom stereocenters. The fourth-order valence-electron chi connectivity index (χ4n) is 2.12. The summed E-state index contributed by atoms with van der Waals surface area (Å²) in [7, 11) is 0. The molecule has 1 fully saturated rings. The van der Waals surface area contributed by atoms with Gasteiger partial charge in [-0.15, -0.1) is 0 Å². The Balaban J connectivity index is 1.84. The molecule has 2 nitrogen and oxygen atoms in total. The Labute approximate surface area is 123 Å². The minimum absolute atomic E-state index is 0.451. The molecule has 0 spiro atoms. The summed E-state index contributed by atoms with van der Waals surface area (Å²) in [6.45, 7) is 2.89. The quantitative estimate of drug-likeness (QED) is 0.832. The number of ether oxygens (including phenoxy) is 1. The number of hydrogen-bond donors (Lipinski definition) is 1. The minimum Gasteiger partial charge on any atom is -0.492 e. The summed E-state index contributed by atoms with van der Waals surface area (Å²) in [4.78, 5) is 0. The molecule has 1 saturated heterocycles. The van der Waals surface area contributed by atoms with Gasteiger partial charge < -0.3 is 10.1 Å². The van der Waals surface area contributed by atoms with Crippen LogP contribution in [0.3, 0.4) is 0 Å². The highest BCUT2D eigenvalue weighted by molar-refractivity contribution is 6.43. The van der Waals surface area contributed by atoms with E-state index in [1.165, 1.54) is 12.8 Å². The molecule has 0 aromatic heterocycles. The van der Waals surface area contributed by atoms with Gasteiger partial charge in [0.15, 0.2) is 0 Å². The molecule has 0 saturated carbocycles. The third-order valence-electron chi connectivity index (χ3n) is 3.22. The Bertz CT molecular complexity index is 405. The van der Waals surface area contributed by atoms with E-state index in [4.69, 9.17) is 39.5 Å². The largest absolute Gasteiger partial charge is 0.492 e. The molecule has 0 amide bonds. The Morgan fingerprint density at radius 1 is 1.06 bits per heavy atom. The first-order chi connectivity index (χ1) is 8.66. The van der Waals surface area contributed by atoms with Gasteiger partial charge in [-0.25, -0.2) is 0 Å². The van der Waals surface area contributed by atoms with Gasteiger partial charge in [-0.1, -0.05) is 34.8 Å². The van der Waals surface area contributed by atoms with Crippen LogP contribution in [0.15, 0.2) is 12.1 Å². The van der Waals surface area contributed by atoms with Crippen LogP contribution in [0.5, 0.6) is 5.75 Å². The monoisotopic (exact) mass is 307 g/mol. The van der Waals surface area contributed by atoms with Crippen molar-refractivity contribution in [3.05, 3.63) is 27.2 Å². The van der Waals surface area contributed by atoms with Crippen molar-refractivity contribution in [1.82, 2.24) is 5.32 Å². The summed E-state index contributed by atoms with van der Waals surface area (Å²) < 4.78 is 5.68. The maximum Gasteiger partial charge on any atom is 0.139 e. The lowest BCUT2D eigenvalue weighted by atomic mass is 9.95. The number of hydrogen-bond acceptors (Lipinski definition) is 2. The molecule has 1 aliphatic heterocycles. The minimum atomic E-state index is 0.451. The van der Waals surface area contributed by atoms with Crippen molar-refractivity contribution in [2.24, 2.45) is 5.92 Å². The van der Waals surface area contributed by atoms with Gasteiger partial charge in [0, 0.05) is 6.07 Å². The second-order valence-corrected chi connectivity index (χ2v) is 5.75. The van der Waals surface area contributed by atoms with Crippen molar-refractivity contribution >= 4 is 34.8 Å². The van der Waals surface area contributed by atoms with Crippen molar-refractivity contribution in [3.8, 4) is 5.75 Å². The lowest BCUT2D eigenvalue weighted by Crippen LogP contribution is -2.28. The zero-order valence-electron chi connectivity index (χ0n) is 10.0. The summed E-state index contributed by atoms with van der Waals surface area (Å²) in [6.07, 6.45) is 3.50. The number of benzene rings is 1. The van der Waals surface area contributed by atoms with Crippen molar-refractivity contribution in [2.75, 3.05) is 19.7 Å². The van der Waals surface area contributed by atoms with Crippen LogP contribution < -0.4 is 10.1 Å². The van der Waals surface area contributed by atoms with Gasteiger partial charge in [0.25, 0.3) is 0 Å². The van der Waals surface area contributed by atoms with E-state index in [0.717, 1.165) is 25.4 Å². The van der Waals surface area contributed by atoms with E-state index in [1.54, 1.807) is 12.1 Å². The molecular weight excluding hydrogens is 293 g/mol. The maximum absolute atomic E-state index is 6.04. The topological polar surface area (TPSA) is 21.3 Å². The first-order valence-electron chi connectivity index (χ1n) is 6.15. The smallest absolute Gasteiger partial charge is 0.139 e. The van der Waals surface area contributed by atoms with E-state index in [2.05, 4.69) is 5.32 Å². The summed E-state index contributed by atoms with van der Waals surface area (Å²) in [5, 5.41) is 4.78. The number of rotatable bonds is 4. The summed E-state index contributed by atoms with van der Waals surface area (Å²) in [5.74, 6) is 1.35. The van der Waals surface area contributed by atoms with Crippen molar-refractivity contribution in [3.63, 3.8) is 0 Å². The fourth-order valence-corrected chi connectivity index (χ4v) is 2.71. The molecule has 1 aliphatic rings. The van der Waals surface area contributed by atoms with Gasteiger partial charge in [0.05, 0.1) is 21.7 Å². The van der Waals surface area contributed by atoms with Gasteiger partial charge in [-0.05, 0) is 44.3 Å². The summed E-state index contributed by atoms with van der Waals surface area (Å²) in [6, 6.07) is 3.29. The molecule has 0 aliphatic carbocycles. The normalized spacial score (nSPS) is 16.8. The second-order valence-electron chi connectivity index (χ2n) is 4.53. The molecule has 1 N–H and O–H groups in total. The van der Waals surface area contributed by atoms with Gasteiger partial charge in [0.1, 0.15) is 5.75 Å². The summed E-state index contributed by atoms with van der Waals surface area (Å²) >= 11 is 17.8.